The summed E-state index contributed by atoms with van der Waals surface area (Å²) in [7, 11) is 1.89. The Balaban J connectivity index is 1.38. The number of ether oxygens (including phenoxy) is 1. The lowest BCUT2D eigenvalue weighted by molar-refractivity contribution is 0.290. The number of halogens is 2. The minimum Gasteiger partial charge on any atom is -0.484 e. The number of hydrogen-bond donors (Lipinski definition) is 0. The van der Waals surface area contributed by atoms with Crippen LogP contribution in [0.3, 0.4) is 0 Å². The van der Waals surface area contributed by atoms with Crippen LogP contribution in [-0.4, -0.2) is 24.5 Å². The average Bonchev–Trinajstić information content (AvgIpc) is 3.33. The van der Waals surface area contributed by atoms with Gasteiger partial charge in [0.05, 0.1) is 16.4 Å². The second-order valence-corrected chi connectivity index (χ2v) is 7.55. The maximum Gasteiger partial charge on any atom is 0.191 e. The van der Waals surface area contributed by atoms with Crippen molar-refractivity contribution in [2.75, 3.05) is 0 Å². The predicted octanol–water partition coefficient (Wildman–Crippen LogP) is 4.66. The highest BCUT2D eigenvalue weighted by atomic mass is 35.5. The van der Waals surface area contributed by atoms with Crippen molar-refractivity contribution >= 4 is 23.4 Å². The molecular weight excluding hydrogens is 413 g/mol. The predicted molar refractivity (Wildman–Crippen MR) is 110 cm³/mol. The first kappa shape index (κ1) is 19.5. The fourth-order valence-electron chi connectivity index (χ4n) is 2.64. The minimum absolute atomic E-state index is 0.266. The summed E-state index contributed by atoms with van der Waals surface area (Å²) in [6.07, 6.45) is 1.81. The Labute approximate surface area is 176 Å². The second-order valence-electron chi connectivity index (χ2n) is 6.20. The molecule has 0 aliphatic carbocycles. The lowest BCUT2D eigenvalue weighted by Gasteiger charge is -2.07. The van der Waals surface area contributed by atoms with E-state index in [1.807, 2.05) is 42.1 Å². The van der Waals surface area contributed by atoms with Crippen molar-refractivity contribution in [2.45, 2.75) is 17.5 Å². The van der Waals surface area contributed by atoms with Gasteiger partial charge in [-0.15, -0.1) is 10.2 Å². The molecule has 2 aromatic carbocycles. The number of benzene rings is 2. The number of hydrogen-bond acceptors (Lipinski definition) is 5. The molecule has 2 heterocycles. The van der Waals surface area contributed by atoms with Crippen molar-refractivity contribution in [3.05, 3.63) is 83.2 Å². The summed E-state index contributed by atoms with van der Waals surface area (Å²) in [5.41, 5.74) is 1.54. The lowest BCUT2D eigenvalue weighted by Crippen LogP contribution is -2.04. The van der Waals surface area contributed by atoms with Crippen molar-refractivity contribution in [3.8, 4) is 11.4 Å². The van der Waals surface area contributed by atoms with Crippen molar-refractivity contribution in [3.63, 3.8) is 0 Å². The molecule has 0 saturated heterocycles. The van der Waals surface area contributed by atoms with E-state index in [4.69, 9.17) is 16.3 Å². The van der Waals surface area contributed by atoms with E-state index < -0.39 is 0 Å². The highest BCUT2D eigenvalue weighted by molar-refractivity contribution is 7.98. The van der Waals surface area contributed by atoms with E-state index in [1.165, 1.54) is 23.9 Å². The molecule has 4 rings (SSSR count). The number of nitrogens with zero attached hydrogens (tertiary/aromatic N) is 5. The molecule has 6 nitrogen and oxygen atoms in total. The number of para-hydroxylation sites is 1. The van der Waals surface area contributed by atoms with Crippen LogP contribution in [0.2, 0.25) is 5.02 Å². The van der Waals surface area contributed by atoms with Crippen molar-refractivity contribution in [1.29, 1.82) is 0 Å². The Kier molecular flexibility index (Phi) is 5.82. The van der Waals surface area contributed by atoms with Gasteiger partial charge < -0.3 is 9.30 Å². The topological polar surface area (TPSA) is 57.8 Å². The van der Waals surface area contributed by atoms with Crippen LogP contribution in [0.25, 0.3) is 5.69 Å². The van der Waals surface area contributed by atoms with Gasteiger partial charge in [0.1, 0.15) is 18.2 Å². The van der Waals surface area contributed by atoms with Crippen molar-refractivity contribution in [1.82, 2.24) is 24.5 Å². The third kappa shape index (κ3) is 4.60. The van der Waals surface area contributed by atoms with Gasteiger partial charge in [-0.25, -0.2) is 9.07 Å². The third-order valence-electron chi connectivity index (χ3n) is 4.18. The Morgan fingerprint density at radius 3 is 2.79 bits per heavy atom. The van der Waals surface area contributed by atoms with Gasteiger partial charge in [0.15, 0.2) is 11.0 Å². The van der Waals surface area contributed by atoms with Crippen molar-refractivity contribution < 1.29 is 9.13 Å². The summed E-state index contributed by atoms with van der Waals surface area (Å²) >= 11 is 7.62. The Hall–Kier alpha value is -2.84. The quantitative estimate of drug-likeness (QED) is 0.400. The molecule has 9 heteroatoms. The van der Waals surface area contributed by atoms with E-state index >= 15 is 0 Å². The highest BCUT2D eigenvalue weighted by Crippen LogP contribution is 2.25. The first-order valence-corrected chi connectivity index (χ1v) is 10.2. The van der Waals surface area contributed by atoms with Crippen molar-refractivity contribution in [2.24, 2.45) is 7.05 Å². The zero-order valence-electron chi connectivity index (χ0n) is 15.5. The zero-order valence-corrected chi connectivity index (χ0v) is 17.1. The first-order valence-electron chi connectivity index (χ1n) is 8.79. The average molecular weight is 430 g/mol. The molecule has 29 heavy (non-hydrogen) atoms. The van der Waals surface area contributed by atoms with E-state index in [0.717, 1.165) is 10.9 Å². The summed E-state index contributed by atoms with van der Waals surface area (Å²) in [4.78, 5) is 0. The Morgan fingerprint density at radius 1 is 1.10 bits per heavy atom. The molecule has 0 amide bonds. The molecular formula is C20H17ClFN5OS. The summed E-state index contributed by atoms with van der Waals surface area (Å²) in [5.74, 6) is 1.62. The van der Waals surface area contributed by atoms with Crippen LogP contribution < -0.4 is 4.74 Å². The smallest absolute Gasteiger partial charge is 0.191 e. The molecule has 0 fully saturated rings. The van der Waals surface area contributed by atoms with Gasteiger partial charge >= 0.3 is 0 Å². The van der Waals surface area contributed by atoms with Crippen LogP contribution in [0.5, 0.6) is 5.75 Å². The fraction of sp³-hybridized carbons (Fsp3) is 0.150. The lowest BCUT2D eigenvalue weighted by atomic mass is 10.3. The summed E-state index contributed by atoms with van der Waals surface area (Å²) in [6.45, 7) is 0.266. The molecule has 0 radical (unpaired) electrons. The summed E-state index contributed by atoms with van der Waals surface area (Å²) in [5, 5.41) is 14.2. The number of rotatable bonds is 7. The van der Waals surface area contributed by atoms with Gasteiger partial charge in [-0.05, 0) is 36.4 Å². The van der Waals surface area contributed by atoms with Gasteiger partial charge in [0, 0.05) is 19.0 Å². The molecule has 0 bridgehead atoms. The Morgan fingerprint density at radius 2 is 1.97 bits per heavy atom. The molecule has 148 valence electrons. The minimum atomic E-state index is -0.292. The van der Waals surface area contributed by atoms with E-state index in [0.29, 0.717) is 28.0 Å². The van der Waals surface area contributed by atoms with Crippen LogP contribution in [0.4, 0.5) is 4.39 Å². The summed E-state index contributed by atoms with van der Waals surface area (Å²) < 4.78 is 22.7. The zero-order chi connectivity index (χ0) is 20.2. The molecule has 0 spiro atoms. The van der Waals surface area contributed by atoms with E-state index in [9.17, 15) is 4.39 Å². The molecule has 2 aromatic heterocycles. The van der Waals surface area contributed by atoms with Gasteiger partial charge in [0.2, 0.25) is 0 Å². The SMILES string of the molecule is Cn1c(COc2ccccc2Cl)nnc1SCc1ccn(-c2cccc(F)c2)n1. The van der Waals surface area contributed by atoms with Gasteiger partial charge in [-0.1, -0.05) is 41.6 Å². The van der Waals surface area contributed by atoms with Gasteiger partial charge in [-0.2, -0.15) is 5.10 Å². The van der Waals surface area contributed by atoms with E-state index in [2.05, 4.69) is 15.3 Å². The molecule has 0 unspecified atom stereocenters. The largest absolute Gasteiger partial charge is 0.484 e. The summed E-state index contributed by atoms with van der Waals surface area (Å²) in [6, 6.07) is 15.5. The molecule has 0 saturated carbocycles. The number of aromatic nitrogens is 5. The normalized spacial score (nSPS) is 11.0. The fourth-order valence-corrected chi connectivity index (χ4v) is 3.66. The third-order valence-corrected chi connectivity index (χ3v) is 5.55. The second kappa shape index (κ2) is 8.67. The highest BCUT2D eigenvalue weighted by Gasteiger charge is 2.12. The Bertz CT molecular complexity index is 1130. The van der Waals surface area contributed by atoms with Gasteiger partial charge in [-0.3, -0.25) is 0 Å². The molecule has 0 N–H and O–H groups in total. The maximum absolute atomic E-state index is 13.4. The van der Waals surface area contributed by atoms with E-state index in [1.54, 1.807) is 22.9 Å². The number of thioether (sulfide) groups is 1. The van der Waals surface area contributed by atoms with Crippen LogP contribution in [-0.2, 0) is 19.4 Å². The maximum atomic E-state index is 13.4. The molecule has 0 atom stereocenters. The molecule has 4 aromatic rings. The molecule has 0 aliphatic heterocycles. The van der Waals surface area contributed by atoms with Gasteiger partial charge in [0.25, 0.3) is 0 Å². The monoisotopic (exact) mass is 429 g/mol. The van der Waals surface area contributed by atoms with Crippen LogP contribution in [0, 0.1) is 5.82 Å². The standard InChI is InChI=1S/C20H17ClFN5OS/c1-26-19(12-28-18-8-3-2-7-17(18)21)23-24-20(26)29-13-15-9-10-27(25-15)16-6-4-5-14(22)11-16/h2-11H,12-13H2,1H3. The van der Waals surface area contributed by atoms with Crippen LogP contribution >= 0.6 is 23.4 Å². The van der Waals surface area contributed by atoms with E-state index in [-0.39, 0.29) is 12.4 Å². The van der Waals surface area contributed by atoms with Crippen LogP contribution in [0.1, 0.15) is 11.5 Å². The first-order chi connectivity index (χ1) is 14.1. The van der Waals surface area contributed by atoms with Crippen LogP contribution in [0.15, 0.2) is 66.0 Å². The molecule has 0 aliphatic rings.